The Bertz CT molecular complexity index is 636. The van der Waals surface area contributed by atoms with E-state index in [2.05, 4.69) is 26.9 Å². The molecular weight excluding hydrogens is 320 g/mol. The number of carbonyl (C=O) groups excluding carboxylic acids is 2. The number of aliphatic imine (C=N–C) groups is 1. The molecule has 0 aliphatic rings. The average Bonchev–Trinajstić information content (AvgIpc) is 2.60. The second-order valence-corrected chi connectivity index (χ2v) is 5.81. The van der Waals surface area contributed by atoms with Crippen LogP contribution in [-0.2, 0) is 16.1 Å². The van der Waals surface area contributed by atoms with E-state index in [-0.39, 0.29) is 18.4 Å². The van der Waals surface area contributed by atoms with Crippen molar-refractivity contribution < 1.29 is 14.3 Å². The molecule has 0 saturated heterocycles. The van der Waals surface area contributed by atoms with Crippen molar-refractivity contribution in [3.8, 4) is 0 Å². The normalized spacial score (nSPS) is 10.8. The van der Waals surface area contributed by atoms with Gasteiger partial charge in [-0.25, -0.2) is 9.79 Å². The lowest BCUT2D eigenvalue weighted by atomic mass is 10.1. The minimum absolute atomic E-state index is 0.0488. The Morgan fingerprint density at radius 1 is 1.16 bits per heavy atom. The molecular formula is C18H26N4O3. The SMILES string of the molecule is C=C(C)CNC(=NCc1ccc(C(=O)OC)cc1)NCC(=O)N(C)C. The molecule has 0 bridgehead atoms. The van der Waals surface area contributed by atoms with E-state index in [1.165, 1.54) is 12.0 Å². The maximum absolute atomic E-state index is 11.7. The predicted molar refractivity (Wildman–Crippen MR) is 98.4 cm³/mol. The van der Waals surface area contributed by atoms with E-state index in [9.17, 15) is 9.59 Å². The molecule has 0 fully saturated rings. The summed E-state index contributed by atoms with van der Waals surface area (Å²) in [7, 11) is 4.75. The first kappa shape index (κ1) is 20.2. The smallest absolute Gasteiger partial charge is 0.337 e. The van der Waals surface area contributed by atoms with Crippen LogP contribution >= 0.6 is 0 Å². The van der Waals surface area contributed by atoms with E-state index < -0.39 is 0 Å². The maximum atomic E-state index is 11.7. The number of guanidine groups is 1. The third kappa shape index (κ3) is 7.52. The van der Waals surface area contributed by atoms with Crippen LogP contribution in [0.3, 0.4) is 0 Å². The summed E-state index contributed by atoms with van der Waals surface area (Å²) in [6.07, 6.45) is 0. The number of likely N-dealkylation sites (N-methyl/N-ethyl adjacent to an activating group) is 1. The Morgan fingerprint density at radius 3 is 2.28 bits per heavy atom. The number of carbonyl (C=O) groups is 2. The molecule has 0 spiro atoms. The summed E-state index contributed by atoms with van der Waals surface area (Å²) >= 11 is 0. The number of nitrogens with zero attached hydrogens (tertiary/aromatic N) is 2. The molecule has 0 radical (unpaired) electrons. The monoisotopic (exact) mass is 346 g/mol. The topological polar surface area (TPSA) is 83.0 Å². The van der Waals surface area contributed by atoms with Crippen LogP contribution in [0.4, 0.5) is 0 Å². The van der Waals surface area contributed by atoms with Crippen LogP contribution in [0.25, 0.3) is 0 Å². The first-order chi connectivity index (χ1) is 11.8. The second kappa shape index (κ2) is 10.1. The number of rotatable bonds is 7. The third-order valence-electron chi connectivity index (χ3n) is 3.26. The van der Waals surface area contributed by atoms with Crippen molar-refractivity contribution in [3.05, 3.63) is 47.5 Å². The van der Waals surface area contributed by atoms with Crippen LogP contribution < -0.4 is 10.6 Å². The van der Waals surface area contributed by atoms with Gasteiger partial charge in [0.05, 0.1) is 25.8 Å². The molecule has 0 aliphatic heterocycles. The van der Waals surface area contributed by atoms with Crippen molar-refractivity contribution in [1.82, 2.24) is 15.5 Å². The highest BCUT2D eigenvalue weighted by molar-refractivity contribution is 5.89. The van der Waals surface area contributed by atoms with Crippen molar-refractivity contribution in [2.45, 2.75) is 13.5 Å². The number of amides is 1. The summed E-state index contributed by atoms with van der Waals surface area (Å²) in [5.41, 5.74) is 2.38. The van der Waals surface area contributed by atoms with Crippen LogP contribution in [-0.4, -0.2) is 57.0 Å². The molecule has 0 aromatic heterocycles. The molecule has 136 valence electrons. The lowest BCUT2D eigenvalue weighted by Crippen LogP contribution is -2.43. The van der Waals surface area contributed by atoms with Crippen LogP contribution in [0.5, 0.6) is 0 Å². The van der Waals surface area contributed by atoms with Crippen LogP contribution in [0.15, 0.2) is 41.4 Å². The fourth-order valence-electron chi connectivity index (χ4n) is 1.76. The molecule has 2 N–H and O–H groups in total. The van der Waals surface area contributed by atoms with Gasteiger partial charge in [0.2, 0.25) is 5.91 Å². The standard InChI is InChI=1S/C18H26N4O3/c1-13(2)10-19-18(21-12-16(23)22(3)4)20-11-14-6-8-15(9-7-14)17(24)25-5/h6-9H,1,10-12H2,2-5H3,(H2,19,20,21). The van der Waals surface area contributed by atoms with Crippen molar-refractivity contribution >= 4 is 17.8 Å². The first-order valence-electron chi connectivity index (χ1n) is 7.87. The third-order valence-corrected chi connectivity index (χ3v) is 3.26. The fraction of sp³-hybridized carbons (Fsp3) is 0.389. The Kier molecular flexibility index (Phi) is 8.18. The highest BCUT2D eigenvalue weighted by atomic mass is 16.5. The summed E-state index contributed by atoms with van der Waals surface area (Å²) < 4.78 is 4.67. The molecule has 0 atom stereocenters. The second-order valence-electron chi connectivity index (χ2n) is 5.81. The minimum Gasteiger partial charge on any atom is -0.465 e. The van der Waals surface area contributed by atoms with Gasteiger partial charge in [-0.1, -0.05) is 24.3 Å². The van der Waals surface area contributed by atoms with Crippen molar-refractivity contribution in [1.29, 1.82) is 0 Å². The largest absolute Gasteiger partial charge is 0.465 e. The number of hydrogen-bond acceptors (Lipinski definition) is 4. The molecule has 1 amide bonds. The minimum atomic E-state index is -0.372. The van der Waals surface area contributed by atoms with Gasteiger partial charge in [0, 0.05) is 20.6 Å². The van der Waals surface area contributed by atoms with Gasteiger partial charge >= 0.3 is 5.97 Å². The van der Waals surface area contributed by atoms with E-state index >= 15 is 0 Å². The molecule has 7 nitrogen and oxygen atoms in total. The van der Waals surface area contributed by atoms with E-state index in [0.29, 0.717) is 24.6 Å². The molecule has 25 heavy (non-hydrogen) atoms. The Balaban J connectivity index is 2.74. The quantitative estimate of drug-likeness (QED) is 0.335. The Morgan fingerprint density at radius 2 is 1.76 bits per heavy atom. The molecule has 0 aliphatic carbocycles. The van der Waals surface area contributed by atoms with Gasteiger partial charge in [-0.15, -0.1) is 0 Å². The van der Waals surface area contributed by atoms with Gasteiger partial charge in [-0.05, 0) is 24.6 Å². The number of ether oxygens (including phenoxy) is 1. The highest BCUT2D eigenvalue weighted by Gasteiger charge is 2.07. The van der Waals surface area contributed by atoms with Gasteiger partial charge in [0.15, 0.2) is 5.96 Å². The van der Waals surface area contributed by atoms with Crippen LogP contribution in [0.2, 0.25) is 0 Å². The van der Waals surface area contributed by atoms with E-state index in [1.807, 2.05) is 19.1 Å². The fourth-order valence-corrected chi connectivity index (χ4v) is 1.76. The summed E-state index contributed by atoms with van der Waals surface area (Å²) in [5.74, 6) is 0.102. The van der Waals surface area contributed by atoms with Gasteiger partial charge in [0.1, 0.15) is 0 Å². The lowest BCUT2D eigenvalue weighted by Gasteiger charge is -2.15. The van der Waals surface area contributed by atoms with Gasteiger partial charge in [-0.2, -0.15) is 0 Å². The van der Waals surface area contributed by atoms with Crippen LogP contribution in [0, 0.1) is 0 Å². The van der Waals surface area contributed by atoms with Crippen molar-refractivity contribution in [3.63, 3.8) is 0 Å². The van der Waals surface area contributed by atoms with Crippen molar-refractivity contribution in [2.75, 3.05) is 34.3 Å². The molecule has 0 heterocycles. The average molecular weight is 346 g/mol. The van der Waals surface area contributed by atoms with Crippen molar-refractivity contribution in [2.24, 2.45) is 4.99 Å². The maximum Gasteiger partial charge on any atom is 0.337 e. The molecule has 0 unspecified atom stereocenters. The molecule has 1 aromatic rings. The number of nitrogens with one attached hydrogen (secondary N) is 2. The zero-order valence-electron chi connectivity index (χ0n) is 15.3. The van der Waals surface area contributed by atoms with E-state index in [0.717, 1.165) is 11.1 Å². The van der Waals surface area contributed by atoms with E-state index in [1.54, 1.807) is 26.2 Å². The number of esters is 1. The molecule has 7 heteroatoms. The number of hydrogen-bond donors (Lipinski definition) is 2. The zero-order valence-corrected chi connectivity index (χ0v) is 15.3. The molecule has 1 aromatic carbocycles. The summed E-state index contributed by atoms with van der Waals surface area (Å²) in [6, 6.07) is 7.02. The molecule has 1 rings (SSSR count). The number of benzene rings is 1. The Hall–Kier alpha value is -2.83. The van der Waals surface area contributed by atoms with Gasteiger partial charge < -0.3 is 20.3 Å². The highest BCUT2D eigenvalue weighted by Crippen LogP contribution is 2.06. The van der Waals surface area contributed by atoms with Crippen LogP contribution in [0.1, 0.15) is 22.8 Å². The van der Waals surface area contributed by atoms with Gasteiger partial charge in [-0.3, -0.25) is 4.79 Å². The van der Waals surface area contributed by atoms with Gasteiger partial charge in [0.25, 0.3) is 0 Å². The molecule has 0 saturated carbocycles. The summed E-state index contributed by atoms with van der Waals surface area (Å²) in [5, 5.41) is 6.11. The number of methoxy groups -OCH3 is 1. The predicted octanol–water partition coefficient (Wildman–Crippen LogP) is 1.17. The first-order valence-corrected chi connectivity index (χ1v) is 7.87. The summed E-state index contributed by atoms with van der Waals surface area (Å²) in [6.45, 7) is 6.86. The summed E-state index contributed by atoms with van der Waals surface area (Å²) in [4.78, 5) is 29.1. The zero-order chi connectivity index (χ0) is 18.8. The van der Waals surface area contributed by atoms with E-state index in [4.69, 9.17) is 0 Å². The Labute approximate surface area is 148 Å². The lowest BCUT2D eigenvalue weighted by molar-refractivity contribution is -0.127.